The SMILES string of the molecule is Cc1cc2c(cc1-c1[nH]nc(N)c1Br)OCO2. The van der Waals surface area contributed by atoms with Crippen molar-refractivity contribution in [3.8, 4) is 22.8 Å². The molecule has 0 radical (unpaired) electrons. The molecule has 0 fully saturated rings. The minimum atomic E-state index is 0.268. The van der Waals surface area contributed by atoms with Crippen LogP contribution in [0.1, 0.15) is 5.56 Å². The smallest absolute Gasteiger partial charge is 0.231 e. The minimum absolute atomic E-state index is 0.268. The van der Waals surface area contributed by atoms with Gasteiger partial charge in [0.2, 0.25) is 6.79 Å². The highest BCUT2D eigenvalue weighted by Crippen LogP contribution is 2.40. The predicted octanol–water partition coefficient (Wildman–Crippen LogP) is 2.46. The van der Waals surface area contributed by atoms with Crippen LogP contribution in [-0.4, -0.2) is 17.0 Å². The summed E-state index contributed by atoms with van der Waals surface area (Å²) in [5.74, 6) is 1.96. The number of fused-ring (bicyclic) bond motifs is 1. The number of rotatable bonds is 1. The summed E-state index contributed by atoms with van der Waals surface area (Å²) in [5, 5.41) is 6.86. The van der Waals surface area contributed by atoms with Crippen molar-refractivity contribution < 1.29 is 9.47 Å². The maximum Gasteiger partial charge on any atom is 0.231 e. The number of nitrogens with two attached hydrogens (primary N) is 1. The van der Waals surface area contributed by atoms with Crippen molar-refractivity contribution >= 4 is 21.7 Å². The Hall–Kier alpha value is -1.69. The number of aromatic nitrogens is 2. The first-order valence-electron chi connectivity index (χ1n) is 5.07. The molecule has 1 aliphatic rings. The fourth-order valence-corrected chi connectivity index (χ4v) is 2.22. The van der Waals surface area contributed by atoms with Gasteiger partial charge in [-0.05, 0) is 40.5 Å². The highest BCUT2D eigenvalue weighted by Gasteiger charge is 2.19. The zero-order valence-corrected chi connectivity index (χ0v) is 10.7. The van der Waals surface area contributed by atoms with Crippen LogP contribution in [0.2, 0.25) is 0 Å². The van der Waals surface area contributed by atoms with Gasteiger partial charge in [0.15, 0.2) is 17.3 Å². The molecule has 0 spiro atoms. The zero-order chi connectivity index (χ0) is 12.0. The molecule has 0 bridgehead atoms. The van der Waals surface area contributed by atoms with Gasteiger partial charge in [-0.3, -0.25) is 5.10 Å². The molecular formula is C11H10BrN3O2. The van der Waals surface area contributed by atoms with Gasteiger partial charge < -0.3 is 15.2 Å². The van der Waals surface area contributed by atoms with Crippen LogP contribution in [0.4, 0.5) is 5.82 Å². The van der Waals surface area contributed by atoms with Crippen LogP contribution in [0.25, 0.3) is 11.3 Å². The lowest BCUT2D eigenvalue weighted by atomic mass is 10.0. The van der Waals surface area contributed by atoms with Crippen molar-refractivity contribution in [2.45, 2.75) is 6.92 Å². The van der Waals surface area contributed by atoms with Crippen molar-refractivity contribution in [1.29, 1.82) is 0 Å². The fourth-order valence-electron chi connectivity index (χ4n) is 1.83. The van der Waals surface area contributed by atoms with Gasteiger partial charge in [-0.15, -0.1) is 0 Å². The van der Waals surface area contributed by atoms with Gasteiger partial charge in [-0.25, -0.2) is 0 Å². The summed E-state index contributed by atoms with van der Waals surface area (Å²) in [6, 6.07) is 3.87. The Morgan fingerprint density at radius 1 is 1.35 bits per heavy atom. The first-order valence-corrected chi connectivity index (χ1v) is 5.86. The summed E-state index contributed by atoms with van der Waals surface area (Å²) in [4.78, 5) is 0. The Morgan fingerprint density at radius 2 is 2.06 bits per heavy atom. The van der Waals surface area contributed by atoms with E-state index in [1.165, 1.54) is 0 Å². The Labute approximate surface area is 106 Å². The minimum Gasteiger partial charge on any atom is -0.454 e. The lowest BCUT2D eigenvalue weighted by Gasteiger charge is -2.06. The Balaban J connectivity index is 2.18. The molecule has 88 valence electrons. The Bertz CT molecular complexity index is 595. The van der Waals surface area contributed by atoms with E-state index in [9.17, 15) is 0 Å². The van der Waals surface area contributed by atoms with Crippen LogP contribution in [0.15, 0.2) is 16.6 Å². The van der Waals surface area contributed by atoms with Crippen molar-refractivity contribution in [3.05, 3.63) is 22.2 Å². The first kappa shape index (κ1) is 10.5. The number of H-pyrrole nitrogens is 1. The average Bonchev–Trinajstić information content (AvgIpc) is 2.86. The number of nitrogens with one attached hydrogen (secondary N) is 1. The zero-order valence-electron chi connectivity index (χ0n) is 9.08. The summed E-state index contributed by atoms with van der Waals surface area (Å²) in [5.41, 5.74) is 8.60. The maximum atomic E-state index is 5.70. The number of aryl methyl sites for hydroxylation is 1. The van der Waals surface area contributed by atoms with Gasteiger partial charge in [0.1, 0.15) is 0 Å². The molecule has 2 heterocycles. The summed E-state index contributed by atoms with van der Waals surface area (Å²) in [6.07, 6.45) is 0. The molecule has 1 aromatic carbocycles. The number of nitrogen functional groups attached to an aromatic ring is 1. The second-order valence-corrected chi connectivity index (χ2v) is 4.61. The van der Waals surface area contributed by atoms with Crippen molar-refractivity contribution in [1.82, 2.24) is 10.2 Å². The topological polar surface area (TPSA) is 73.2 Å². The third-order valence-electron chi connectivity index (χ3n) is 2.72. The molecule has 0 aliphatic carbocycles. The van der Waals surface area contributed by atoms with Gasteiger partial charge in [0.25, 0.3) is 0 Å². The third kappa shape index (κ3) is 1.56. The standard InChI is InChI=1S/C11H10BrN3O2/c1-5-2-7-8(17-4-16-7)3-6(5)10-9(12)11(13)15-14-10/h2-3H,4H2,1H3,(H3,13,14,15). The Morgan fingerprint density at radius 3 is 2.71 bits per heavy atom. The summed E-state index contributed by atoms with van der Waals surface area (Å²) in [7, 11) is 0. The number of benzene rings is 1. The van der Waals surface area contributed by atoms with Crippen LogP contribution < -0.4 is 15.2 Å². The van der Waals surface area contributed by atoms with Gasteiger partial charge in [-0.1, -0.05) is 0 Å². The maximum absolute atomic E-state index is 5.70. The number of halogens is 1. The molecule has 1 aliphatic heterocycles. The highest BCUT2D eigenvalue weighted by molar-refractivity contribution is 9.10. The number of hydrogen-bond donors (Lipinski definition) is 2. The molecule has 17 heavy (non-hydrogen) atoms. The normalized spacial score (nSPS) is 13.1. The molecule has 5 nitrogen and oxygen atoms in total. The molecule has 3 N–H and O–H groups in total. The van der Waals surface area contributed by atoms with Gasteiger partial charge >= 0.3 is 0 Å². The van der Waals surface area contributed by atoms with Crippen LogP contribution in [0, 0.1) is 6.92 Å². The van der Waals surface area contributed by atoms with E-state index in [-0.39, 0.29) is 6.79 Å². The summed E-state index contributed by atoms with van der Waals surface area (Å²) >= 11 is 3.41. The number of hydrogen-bond acceptors (Lipinski definition) is 4. The van der Waals surface area contributed by atoms with E-state index in [1.807, 2.05) is 19.1 Å². The summed E-state index contributed by atoms with van der Waals surface area (Å²) in [6.45, 7) is 2.27. The molecule has 3 rings (SSSR count). The van der Waals surface area contributed by atoms with Gasteiger partial charge in [-0.2, -0.15) is 5.10 Å². The molecule has 6 heteroatoms. The highest BCUT2D eigenvalue weighted by atomic mass is 79.9. The van der Waals surface area contributed by atoms with E-state index < -0.39 is 0 Å². The quantitative estimate of drug-likeness (QED) is 0.848. The van der Waals surface area contributed by atoms with Crippen LogP contribution in [-0.2, 0) is 0 Å². The van der Waals surface area contributed by atoms with Crippen LogP contribution in [0.3, 0.4) is 0 Å². The lowest BCUT2D eigenvalue weighted by Crippen LogP contribution is -1.92. The second kappa shape index (κ2) is 3.66. The van der Waals surface area contributed by atoms with Gasteiger partial charge in [0, 0.05) is 5.56 Å². The van der Waals surface area contributed by atoms with Crippen LogP contribution in [0.5, 0.6) is 11.5 Å². The Kier molecular flexibility index (Phi) is 2.25. The molecular weight excluding hydrogens is 286 g/mol. The molecule has 1 aromatic heterocycles. The first-order chi connectivity index (χ1) is 8.16. The lowest BCUT2D eigenvalue weighted by molar-refractivity contribution is 0.174. The molecule has 0 saturated heterocycles. The number of aromatic amines is 1. The monoisotopic (exact) mass is 295 g/mol. The predicted molar refractivity (Wildman–Crippen MR) is 67.0 cm³/mol. The van der Waals surface area contributed by atoms with E-state index in [1.54, 1.807) is 0 Å². The second-order valence-electron chi connectivity index (χ2n) is 3.82. The van der Waals surface area contributed by atoms with Crippen molar-refractivity contribution in [2.24, 2.45) is 0 Å². The molecule has 0 saturated carbocycles. The number of ether oxygens (including phenoxy) is 2. The fraction of sp³-hybridized carbons (Fsp3) is 0.182. The van der Waals surface area contributed by atoms with E-state index in [0.717, 1.165) is 32.8 Å². The number of anilines is 1. The van der Waals surface area contributed by atoms with Gasteiger partial charge in [0.05, 0.1) is 10.2 Å². The molecule has 0 unspecified atom stereocenters. The number of nitrogens with zero attached hydrogens (tertiary/aromatic N) is 1. The molecule has 0 atom stereocenters. The average molecular weight is 296 g/mol. The third-order valence-corrected chi connectivity index (χ3v) is 3.52. The van der Waals surface area contributed by atoms with E-state index in [2.05, 4.69) is 26.1 Å². The van der Waals surface area contributed by atoms with E-state index >= 15 is 0 Å². The van der Waals surface area contributed by atoms with E-state index in [4.69, 9.17) is 15.2 Å². The summed E-state index contributed by atoms with van der Waals surface area (Å²) < 4.78 is 11.4. The van der Waals surface area contributed by atoms with E-state index in [0.29, 0.717) is 5.82 Å². The molecule has 2 aromatic rings. The van der Waals surface area contributed by atoms with Crippen molar-refractivity contribution in [3.63, 3.8) is 0 Å². The largest absolute Gasteiger partial charge is 0.454 e. The van der Waals surface area contributed by atoms with Crippen LogP contribution >= 0.6 is 15.9 Å². The molecule has 0 amide bonds. The van der Waals surface area contributed by atoms with Crippen molar-refractivity contribution in [2.75, 3.05) is 12.5 Å².